The van der Waals surface area contributed by atoms with E-state index in [1.54, 1.807) is 12.1 Å². The molecule has 7 nitrogen and oxygen atoms in total. The highest BCUT2D eigenvalue weighted by Gasteiger charge is 2.48. The van der Waals surface area contributed by atoms with Gasteiger partial charge in [-0.25, -0.2) is 9.37 Å². The second kappa shape index (κ2) is 7.17. The Hall–Kier alpha value is -4.33. The molecule has 1 amide bonds. The number of pyridine rings is 1. The molecule has 0 radical (unpaired) electrons. The Morgan fingerprint density at radius 2 is 1.71 bits per heavy atom. The molecule has 2 N–H and O–H groups in total. The largest absolute Gasteiger partial charge is 0.507 e. The molecular formula is C23H15FN4O3. The van der Waals surface area contributed by atoms with E-state index in [-0.39, 0.29) is 17.3 Å². The van der Waals surface area contributed by atoms with Gasteiger partial charge in [0.15, 0.2) is 0 Å². The summed E-state index contributed by atoms with van der Waals surface area (Å²) in [7, 11) is 0. The predicted octanol–water partition coefficient (Wildman–Crippen LogP) is 3.72. The summed E-state index contributed by atoms with van der Waals surface area (Å²) in [5, 5.41) is 10.9. The fourth-order valence-corrected chi connectivity index (χ4v) is 3.73. The van der Waals surface area contributed by atoms with Crippen molar-refractivity contribution < 1.29 is 19.1 Å². The lowest BCUT2D eigenvalue weighted by atomic mass is 9.95. The van der Waals surface area contributed by atoms with E-state index in [2.05, 4.69) is 15.0 Å². The molecule has 1 atom stereocenters. The number of nitrogens with zero attached hydrogens (tertiary/aromatic N) is 3. The number of carbonyl (C=O) groups is 2. The molecule has 1 fully saturated rings. The molecule has 2 aromatic carbocycles. The third kappa shape index (κ3) is 3.05. The second-order valence-electron chi connectivity index (χ2n) is 7.03. The normalized spacial score (nSPS) is 18.1. The quantitative estimate of drug-likeness (QED) is 0.302. The molecule has 0 saturated carbocycles. The van der Waals surface area contributed by atoms with Gasteiger partial charge in [-0.15, -0.1) is 0 Å². The van der Waals surface area contributed by atoms with Gasteiger partial charge in [0.25, 0.3) is 5.78 Å². The second-order valence-corrected chi connectivity index (χ2v) is 7.03. The van der Waals surface area contributed by atoms with Gasteiger partial charge in [0, 0.05) is 18.0 Å². The minimum absolute atomic E-state index is 0.108. The van der Waals surface area contributed by atoms with Crippen LogP contribution < -0.4 is 4.90 Å². The number of para-hydroxylation sites is 2. The molecule has 0 bridgehead atoms. The summed E-state index contributed by atoms with van der Waals surface area (Å²) in [6.07, 6.45) is 2.94. The molecule has 1 aliphatic rings. The first kappa shape index (κ1) is 18.7. The number of hydrogen-bond acceptors (Lipinski definition) is 5. The van der Waals surface area contributed by atoms with E-state index in [1.807, 2.05) is 12.1 Å². The van der Waals surface area contributed by atoms with E-state index in [9.17, 15) is 19.1 Å². The number of imidazole rings is 1. The van der Waals surface area contributed by atoms with E-state index < -0.39 is 23.5 Å². The van der Waals surface area contributed by atoms with Crippen molar-refractivity contribution in [1.29, 1.82) is 0 Å². The van der Waals surface area contributed by atoms with Crippen molar-refractivity contribution in [3.05, 3.63) is 95.6 Å². The van der Waals surface area contributed by atoms with Crippen molar-refractivity contribution in [1.82, 2.24) is 15.0 Å². The number of fused-ring (bicyclic) bond motifs is 1. The van der Waals surface area contributed by atoms with Crippen LogP contribution in [-0.4, -0.2) is 31.7 Å². The molecular weight excluding hydrogens is 399 g/mol. The van der Waals surface area contributed by atoms with Crippen LogP contribution in [0.1, 0.15) is 17.2 Å². The Morgan fingerprint density at radius 3 is 2.42 bits per heavy atom. The number of halogens is 1. The number of anilines is 1. The summed E-state index contributed by atoms with van der Waals surface area (Å²) in [6, 6.07) is 14.7. The van der Waals surface area contributed by atoms with E-state index in [1.165, 1.54) is 53.7 Å². The maximum Gasteiger partial charge on any atom is 0.302 e. The lowest BCUT2D eigenvalue weighted by Crippen LogP contribution is -2.30. The van der Waals surface area contributed by atoms with Gasteiger partial charge >= 0.3 is 5.91 Å². The molecule has 0 spiro atoms. The first-order valence-corrected chi connectivity index (χ1v) is 9.46. The SMILES string of the molecule is O=C1C(=O)N(c2nc3ccccc3[nH]2)C(c2ccc(F)cc2)/C1=C(\O)c1ccncc1. The summed E-state index contributed by atoms with van der Waals surface area (Å²) in [6.45, 7) is 0. The topological polar surface area (TPSA) is 99.2 Å². The third-order valence-corrected chi connectivity index (χ3v) is 5.19. The van der Waals surface area contributed by atoms with Gasteiger partial charge in [-0.1, -0.05) is 24.3 Å². The zero-order chi connectivity index (χ0) is 21.5. The van der Waals surface area contributed by atoms with Crippen LogP contribution in [0, 0.1) is 5.82 Å². The number of amides is 1. The van der Waals surface area contributed by atoms with Gasteiger partial charge in [0.05, 0.1) is 22.6 Å². The average Bonchev–Trinajstić information content (AvgIpc) is 3.33. The van der Waals surface area contributed by atoms with E-state index >= 15 is 0 Å². The van der Waals surface area contributed by atoms with Crippen LogP contribution >= 0.6 is 0 Å². The number of rotatable bonds is 3. The maximum atomic E-state index is 13.6. The molecule has 5 rings (SSSR count). The average molecular weight is 414 g/mol. The summed E-state index contributed by atoms with van der Waals surface area (Å²) < 4.78 is 13.6. The predicted molar refractivity (Wildman–Crippen MR) is 112 cm³/mol. The monoisotopic (exact) mass is 414 g/mol. The number of aromatic amines is 1. The van der Waals surface area contributed by atoms with Gasteiger partial charge in [-0.05, 0) is 42.0 Å². The number of aromatic nitrogens is 3. The Balaban J connectivity index is 1.74. The molecule has 3 heterocycles. The Kier molecular flexibility index (Phi) is 4.32. The Bertz CT molecular complexity index is 1310. The van der Waals surface area contributed by atoms with E-state index in [0.717, 1.165) is 0 Å². The number of ketones is 1. The number of aliphatic hydroxyl groups is 1. The summed E-state index contributed by atoms with van der Waals surface area (Å²) in [5.41, 5.74) is 1.99. The molecule has 1 aliphatic heterocycles. The lowest BCUT2D eigenvalue weighted by molar-refractivity contribution is -0.132. The first-order chi connectivity index (χ1) is 15.0. The highest BCUT2D eigenvalue weighted by atomic mass is 19.1. The highest BCUT2D eigenvalue weighted by molar-refractivity contribution is 6.51. The standard InChI is InChI=1S/C23H15FN4O3/c24-15-7-5-13(6-8-15)19-18(20(29)14-9-11-25-12-10-14)21(30)22(31)28(19)23-26-16-3-1-2-4-17(16)27-23/h1-12,19,29H,(H,26,27)/b20-18+. The number of H-pyrrole nitrogens is 1. The van der Waals surface area contributed by atoms with Gasteiger partial charge < -0.3 is 10.1 Å². The molecule has 0 aliphatic carbocycles. The van der Waals surface area contributed by atoms with Gasteiger partial charge in [0.1, 0.15) is 11.6 Å². The van der Waals surface area contributed by atoms with E-state index in [4.69, 9.17) is 0 Å². The third-order valence-electron chi connectivity index (χ3n) is 5.19. The maximum absolute atomic E-state index is 13.6. The smallest absolute Gasteiger partial charge is 0.302 e. The number of hydrogen-bond donors (Lipinski definition) is 2. The van der Waals surface area contributed by atoms with Crippen LogP contribution in [-0.2, 0) is 9.59 Å². The molecule has 4 aromatic rings. The minimum Gasteiger partial charge on any atom is -0.507 e. The van der Waals surface area contributed by atoms with Crippen molar-refractivity contribution in [2.24, 2.45) is 0 Å². The van der Waals surface area contributed by atoms with E-state index in [0.29, 0.717) is 22.2 Å². The Labute approximate surface area is 175 Å². The van der Waals surface area contributed by atoms with Crippen LogP contribution in [0.4, 0.5) is 10.3 Å². The van der Waals surface area contributed by atoms with Crippen LogP contribution in [0.2, 0.25) is 0 Å². The van der Waals surface area contributed by atoms with Gasteiger partial charge in [0.2, 0.25) is 5.95 Å². The number of nitrogens with one attached hydrogen (secondary N) is 1. The highest BCUT2D eigenvalue weighted by Crippen LogP contribution is 2.41. The minimum atomic E-state index is -0.991. The number of carbonyl (C=O) groups excluding carboxylic acids is 2. The lowest BCUT2D eigenvalue weighted by Gasteiger charge is -2.23. The molecule has 8 heteroatoms. The molecule has 31 heavy (non-hydrogen) atoms. The number of Topliss-reactive ketones (excluding diaryl/α,β-unsaturated/α-hetero) is 1. The zero-order valence-corrected chi connectivity index (χ0v) is 16.0. The fraction of sp³-hybridized carbons (Fsp3) is 0.0435. The number of benzene rings is 2. The number of aliphatic hydroxyl groups excluding tert-OH is 1. The summed E-state index contributed by atoms with van der Waals surface area (Å²) in [5.74, 6) is -2.34. The van der Waals surface area contributed by atoms with Crippen molar-refractivity contribution in [3.63, 3.8) is 0 Å². The van der Waals surface area contributed by atoms with Gasteiger partial charge in [-0.2, -0.15) is 0 Å². The van der Waals surface area contributed by atoms with Crippen molar-refractivity contribution in [3.8, 4) is 0 Å². The summed E-state index contributed by atoms with van der Waals surface area (Å²) in [4.78, 5) is 38.7. The molecule has 1 saturated heterocycles. The van der Waals surface area contributed by atoms with Crippen LogP contribution in [0.3, 0.4) is 0 Å². The summed E-state index contributed by atoms with van der Waals surface area (Å²) >= 11 is 0. The zero-order valence-electron chi connectivity index (χ0n) is 16.0. The van der Waals surface area contributed by atoms with Gasteiger partial charge in [-0.3, -0.25) is 19.5 Å². The van der Waals surface area contributed by atoms with Crippen LogP contribution in [0.5, 0.6) is 0 Å². The fourth-order valence-electron chi connectivity index (χ4n) is 3.73. The molecule has 2 aromatic heterocycles. The van der Waals surface area contributed by atoms with Crippen LogP contribution in [0.25, 0.3) is 16.8 Å². The van der Waals surface area contributed by atoms with Crippen molar-refractivity contribution in [2.75, 3.05) is 4.90 Å². The van der Waals surface area contributed by atoms with Crippen LogP contribution in [0.15, 0.2) is 78.6 Å². The van der Waals surface area contributed by atoms with Crippen molar-refractivity contribution >= 4 is 34.4 Å². The molecule has 152 valence electrons. The Morgan fingerprint density at radius 1 is 1.00 bits per heavy atom. The molecule has 1 unspecified atom stereocenters. The van der Waals surface area contributed by atoms with Crippen molar-refractivity contribution in [2.45, 2.75) is 6.04 Å². The first-order valence-electron chi connectivity index (χ1n) is 9.46.